The molecule has 0 spiro atoms. The highest BCUT2D eigenvalue weighted by Crippen LogP contribution is 2.34. The number of hydrogen-bond acceptors (Lipinski definition) is 3. The largest absolute Gasteiger partial charge is 0.455 e. The first-order valence-corrected chi connectivity index (χ1v) is 6.24. The Bertz CT molecular complexity index is 680. The molecule has 1 atom stereocenters. The monoisotopic (exact) mass is 291 g/mol. The first-order valence-electron chi connectivity index (χ1n) is 5.86. The Morgan fingerprint density at radius 1 is 1.25 bits per heavy atom. The van der Waals surface area contributed by atoms with E-state index in [4.69, 9.17) is 21.6 Å². The predicted octanol–water partition coefficient (Wildman–Crippen LogP) is 4.20. The van der Waals surface area contributed by atoms with Crippen molar-refractivity contribution in [2.75, 3.05) is 0 Å². The van der Waals surface area contributed by atoms with Crippen LogP contribution < -0.4 is 4.74 Å². The molecule has 5 heteroatoms. The molecule has 0 unspecified atom stereocenters. The van der Waals surface area contributed by atoms with E-state index in [1.54, 1.807) is 19.1 Å². The summed E-state index contributed by atoms with van der Waals surface area (Å²) in [5.74, 6) is 0.0986. The summed E-state index contributed by atoms with van der Waals surface area (Å²) in [6, 6.07) is 10.4. The van der Waals surface area contributed by atoms with Crippen LogP contribution in [0.25, 0.3) is 0 Å². The van der Waals surface area contributed by atoms with E-state index in [9.17, 15) is 9.50 Å². The first-order chi connectivity index (χ1) is 9.51. The average molecular weight is 292 g/mol. The van der Waals surface area contributed by atoms with Gasteiger partial charge in [0.05, 0.1) is 22.8 Å². The summed E-state index contributed by atoms with van der Waals surface area (Å²) in [5, 5.41) is 18.7. The Kier molecular flexibility index (Phi) is 4.23. The third kappa shape index (κ3) is 3.08. The normalized spacial score (nSPS) is 11.8. The quantitative estimate of drug-likeness (QED) is 0.922. The van der Waals surface area contributed by atoms with Crippen LogP contribution in [0, 0.1) is 17.1 Å². The van der Waals surface area contributed by atoms with Gasteiger partial charge >= 0.3 is 0 Å². The van der Waals surface area contributed by atoms with Crippen LogP contribution in [0.1, 0.15) is 24.2 Å². The molecular formula is C15H11ClFNO2. The Labute approximate surface area is 120 Å². The lowest BCUT2D eigenvalue weighted by Gasteiger charge is -2.14. The summed E-state index contributed by atoms with van der Waals surface area (Å²) in [7, 11) is 0. The van der Waals surface area contributed by atoms with Crippen molar-refractivity contribution in [3.63, 3.8) is 0 Å². The minimum Gasteiger partial charge on any atom is -0.455 e. The van der Waals surface area contributed by atoms with Crippen LogP contribution in [0.2, 0.25) is 5.02 Å². The topological polar surface area (TPSA) is 53.2 Å². The van der Waals surface area contributed by atoms with Gasteiger partial charge in [0, 0.05) is 5.56 Å². The number of aliphatic hydroxyl groups is 1. The van der Waals surface area contributed by atoms with Crippen molar-refractivity contribution in [1.29, 1.82) is 5.26 Å². The molecule has 0 amide bonds. The molecule has 0 aliphatic carbocycles. The fraction of sp³-hybridized carbons (Fsp3) is 0.133. The first kappa shape index (κ1) is 14.3. The van der Waals surface area contributed by atoms with Crippen LogP contribution >= 0.6 is 11.6 Å². The van der Waals surface area contributed by atoms with E-state index in [1.807, 2.05) is 6.07 Å². The van der Waals surface area contributed by atoms with Crippen LogP contribution in [-0.2, 0) is 0 Å². The number of aliphatic hydroxyl groups excluding tert-OH is 1. The molecule has 102 valence electrons. The highest BCUT2D eigenvalue weighted by atomic mass is 35.5. The average Bonchev–Trinajstić information content (AvgIpc) is 2.41. The van der Waals surface area contributed by atoms with Crippen LogP contribution in [0.4, 0.5) is 4.39 Å². The number of hydrogen-bond donors (Lipinski definition) is 1. The van der Waals surface area contributed by atoms with Gasteiger partial charge < -0.3 is 9.84 Å². The van der Waals surface area contributed by atoms with Crippen molar-refractivity contribution in [1.82, 2.24) is 0 Å². The van der Waals surface area contributed by atoms with Crippen LogP contribution in [0.15, 0.2) is 36.4 Å². The lowest BCUT2D eigenvalue weighted by Crippen LogP contribution is -1.97. The zero-order chi connectivity index (χ0) is 14.7. The van der Waals surface area contributed by atoms with Gasteiger partial charge in [-0.3, -0.25) is 0 Å². The fourth-order valence-electron chi connectivity index (χ4n) is 1.71. The van der Waals surface area contributed by atoms with Gasteiger partial charge in [-0.2, -0.15) is 5.26 Å². The van der Waals surface area contributed by atoms with Gasteiger partial charge in [-0.15, -0.1) is 0 Å². The molecule has 0 fully saturated rings. The molecule has 1 N–H and O–H groups in total. The standard InChI is InChI=1S/C15H11ClFNO2/c1-9(19)12-4-2-10(8-18)6-15(12)20-14-5-3-11(17)7-13(14)16/h2-7,9,19H,1H3/t9-/m1/s1. The van der Waals surface area contributed by atoms with Crippen molar-refractivity contribution in [2.24, 2.45) is 0 Å². The Hall–Kier alpha value is -2.09. The Morgan fingerprint density at radius 3 is 2.60 bits per heavy atom. The molecule has 0 saturated heterocycles. The predicted molar refractivity (Wildman–Crippen MR) is 73.3 cm³/mol. The van der Waals surface area contributed by atoms with E-state index in [1.165, 1.54) is 18.2 Å². The van der Waals surface area contributed by atoms with Crippen molar-refractivity contribution in [2.45, 2.75) is 13.0 Å². The molecule has 0 aliphatic heterocycles. The van der Waals surface area contributed by atoms with Gasteiger partial charge in [0.15, 0.2) is 0 Å². The number of benzene rings is 2. The fourth-order valence-corrected chi connectivity index (χ4v) is 1.92. The van der Waals surface area contributed by atoms with Gasteiger partial charge in [0.1, 0.15) is 17.3 Å². The smallest absolute Gasteiger partial charge is 0.146 e. The van der Waals surface area contributed by atoms with Crippen LogP contribution in [-0.4, -0.2) is 5.11 Å². The molecule has 0 aliphatic rings. The van der Waals surface area contributed by atoms with Gasteiger partial charge in [0.25, 0.3) is 0 Å². The van der Waals surface area contributed by atoms with Gasteiger partial charge in [0.2, 0.25) is 0 Å². The summed E-state index contributed by atoms with van der Waals surface area (Å²) in [5.41, 5.74) is 0.909. The lowest BCUT2D eigenvalue weighted by atomic mass is 10.1. The SMILES string of the molecule is C[C@@H](O)c1ccc(C#N)cc1Oc1ccc(F)cc1Cl. The second-order valence-corrected chi connectivity index (χ2v) is 4.62. The van der Waals surface area contributed by atoms with Gasteiger partial charge in [-0.1, -0.05) is 17.7 Å². The zero-order valence-corrected chi connectivity index (χ0v) is 11.4. The maximum atomic E-state index is 13.0. The summed E-state index contributed by atoms with van der Waals surface area (Å²) < 4.78 is 18.6. The zero-order valence-electron chi connectivity index (χ0n) is 10.6. The highest BCUT2D eigenvalue weighted by molar-refractivity contribution is 6.32. The van der Waals surface area contributed by atoms with Crippen molar-refractivity contribution in [3.05, 3.63) is 58.4 Å². The molecule has 3 nitrogen and oxygen atoms in total. The second kappa shape index (κ2) is 5.91. The summed E-state index contributed by atoms with van der Waals surface area (Å²) in [4.78, 5) is 0. The molecule has 0 radical (unpaired) electrons. The second-order valence-electron chi connectivity index (χ2n) is 4.22. The van der Waals surface area contributed by atoms with Gasteiger partial charge in [-0.05, 0) is 37.3 Å². The highest BCUT2D eigenvalue weighted by Gasteiger charge is 2.13. The summed E-state index contributed by atoms with van der Waals surface area (Å²) in [6.45, 7) is 1.58. The van der Waals surface area contributed by atoms with E-state index in [-0.39, 0.29) is 10.8 Å². The number of ether oxygens (including phenoxy) is 1. The van der Waals surface area contributed by atoms with E-state index in [2.05, 4.69) is 0 Å². The molecule has 2 rings (SSSR count). The van der Waals surface area contributed by atoms with Crippen molar-refractivity contribution >= 4 is 11.6 Å². The minimum absolute atomic E-state index is 0.115. The van der Waals surface area contributed by atoms with Gasteiger partial charge in [-0.25, -0.2) is 4.39 Å². The third-order valence-corrected chi connectivity index (χ3v) is 3.00. The number of nitrogens with zero attached hydrogens (tertiary/aromatic N) is 1. The molecule has 2 aromatic carbocycles. The lowest BCUT2D eigenvalue weighted by molar-refractivity contribution is 0.195. The van der Waals surface area contributed by atoms with Crippen molar-refractivity contribution < 1.29 is 14.2 Å². The third-order valence-electron chi connectivity index (χ3n) is 2.71. The van der Waals surface area contributed by atoms with E-state index in [0.717, 1.165) is 6.07 Å². The molecule has 0 heterocycles. The van der Waals surface area contributed by atoms with E-state index in [0.29, 0.717) is 16.9 Å². The summed E-state index contributed by atoms with van der Waals surface area (Å²) in [6.07, 6.45) is -0.767. The molecular weight excluding hydrogens is 281 g/mol. The Balaban J connectivity index is 2.43. The molecule has 0 aromatic heterocycles. The number of nitriles is 1. The Morgan fingerprint density at radius 2 is 2.00 bits per heavy atom. The van der Waals surface area contributed by atoms with E-state index < -0.39 is 11.9 Å². The molecule has 0 bridgehead atoms. The maximum Gasteiger partial charge on any atom is 0.146 e. The summed E-state index contributed by atoms with van der Waals surface area (Å²) >= 11 is 5.89. The van der Waals surface area contributed by atoms with E-state index >= 15 is 0 Å². The van der Waals surface area contributed by atoms with Crippen LogP contribution in [0.5, 0.6) is 11.5 Å². The molecule has 0 saturated carbocycles. The molecule has 2 aromatic rings. The maximum absolute atomic E-state index is 13.0. The van der Waals surface area contributed by atoms with Crippen molar-refractivity contribution in [3.8, 4) is 17.6 Å². The van der Waals surface area contributed by atoms with Crippen LogP contribution in [0.3, 0.4) is 0 Å². The number of halogens is 2. The molecule has 20 heavy (non-hydrogen) atoms. The number of rotatable bonds is 3. The minimum atomic E-state index is -0.767.